The lowest BCUT2D eigenvalue weighted by atomic mass is 9.86. The SMILES string of the molecule is Cl.NC1CCC(C(=O)Nc2ccc3c(c2)C(=O)NC3=O)CC1. The van der Waals surface area contributed by atoms with E-state index in [1.165, 1.54) is 0 Å². The third-order valence-corrected chi connectivity index (χ3v) is 4.15. The third-order valence-electron chi connectivity index (χ3n) is 4.15. The maximum Gasteiger partial charge on any atom is 0.259 e. The van der Waals surface area contributed by atoms with Crippen molar-refractivity contribution in [2.24, 2.45) is 11.7 Å². The molecule has 3 rings (SSSR count). The third kappa shape index (κ3) is 3.13. The van der Waals surface area contributed by atoms with Crippen LogP contribution in [-0.2, 0) is 4.79 Å². The number of anilines is 1. The highest BCUT2D eigenvalue weighted by atomic mass is 35.5. The number of imide groups is 1. The molecule has 118 valence electrons. The minimum atomic E-state index is -0.422. The predicted molar refractivity (Wildman–Crippen MR) is 84.0 cm³/mol. The first-order valence-corrected chi connectivity index (χ1v) is 7.11. The fraction of sp³-hybridized carbons (Fsp3) is 0.400. The number of nitrogens with one attached hydrogen (secondary N) is 2. The van der Waals surface area contributed by atoms with Gasteiger partial charge in [0.05, 0.1) is 11.1 Å². The average Bonchev–Trinajstić information content (AvgIpc) is 2.74. The van der Waals surface area contributed by atoms with E-state index in [2.05, 4.69) is 10.6 Å². The van der Waals surface area contributed by atoms with Gasteiger partial charge in [0.25, 0.3) is 11.8 Å². The molecular weight excluding hydrogens is 306 g/mol. The number of fused-ring (bicyclic) bond motifs is 1. The van der Waals surface area contributed by atoms with E-state index >= 15 is 0 Å². The summed E-state index contributed by atoms with van der Waals surface area (Å²) in [6.45, 7) is 0. The van der Waals surface area contributed by atoms with E-state index in [1.807, 2.05) is 0 Å². The Hall–Kier alpha value is -1.92. The Labute approximate surface area is 134 Å². The molecule has 0 spiro atoms. The van der Waals surface area contributed by atoms with Gasteiger partial charge in [-0.05, 0) is 43.9 Å². The number of halogens is 1. The van der Waals surface area contributed by atoms with E-state index in [0.717, 1.165) is 25.7 Å². The van der Waals surface area contributed by atoms with Gasteiger partial charge in [0.15, 0.2) is 0 Å². The van der Waals surface area contributed by atoms with Crippen molar-refractivity contribution in [3.05, 3.63) is 29.3 Å². The highest BCUT2D eigenvalue weighted by Crippen LogP contribution is 2.26. The van der Waals surface area contributed by atoms with Crippen LogP contribution in [0.25, 0.3) is 0 Å². The molecule has 1 aromatic carbocycles. The molecule has 0 aromatic heterocycles. The summed E-state index contributed by atoms with van der Waals surface area (Å²) in [5, 5.41) is 5.05. The predicted octanol–water partition coefficient (Wildman–Crippen LogP) is 1.45. The summed E-state index contributed by atoms with van der Waals surface area (Å²) in [5.41, 5.74) is 7.03. The summed E-state index contributed by atoms with van der Waals surface area (Å²) >= 11 is 0. The van der Waals surface area contributed by atoms with Crippen LogP contribution < -0.4 is 16.4 Å². The molecule has 6 nitrogen and oxygen atoms in total. The van der Waals surface area contributed by atoms with Gasteiger partial charge in [0.2, 0.25) is 5.91 Å². The maximum absolute atomic E-state index is 12.2. The normalized spacial score (nSPS) is 23.3. The van der Waals surface area contributed by atoms with Gasteiger partial charge in [-0.3, -0.25) is 19.7 Å². The summed E-state index contributed by atoms with van der Waals surface area (Å²) < 4.78 is 0. The van der Waals surface area contributed by atoms with E-state index in [4.69, 9.17) is 5.73 Å². The van der Waals surface area contributed by atoms with Gasteiger partial charge in [0.1, 0.15) is 0 Å². The van der Waals surface area contributed by atoms with Crippen molar-refractivity contribution in [3.63, 3.8) is 0 Å². The van der Waals surface area contributed by atoms with Crippen LogP contribution in [0, 0.1) is 5.92 Å². The lowest BCUT2D eigenvalue weighted by Crippen LogP contribution is -2.32. The Bertz CT molecular complexity index is 624. The van der Waals surface area contributed by atoms with Gasteiger partial charge in [-0.25, -0.2) is 0 Å². The van der Waals surface area contributed by atoms with Crippen molar-refractivity contribution in [1.82, 2.24) is 5.32 Å². The number of hydrogen-bond acceptors (Lipinski definition) is 4. The van der Waals surface area contributed by atoms with Gasteiger partial charge in [0, 0.05) is 17.6 Å². The molecule has 0 bridgehead atoms. The largest absolute Gasteiger partial charge is 0.328 e. The second kappa shape index (κ2) is 6.46. The fourth-order valence-electron chi connectivity index (χ4n) is 2.87. The molecule has 0 radical (unpaired) electrons. The number of hydrogen-bond donors (Lipinski definition) is 3. The number of nitrogens with two attached hydrogens (primary N) is 1. The topological polar surface area (TPSA) is 101 Å². The lowest BCUT2D eigenvalue weighted by molar-refractivity contribution is -0.120. The van der Waals surface area contributed by atoms with Crippen molar-refractivity contribution in [1.29, 1.82) is 0 Å². The molecule has 1 aliphatic heterocycles. The zero-order valence-electron chi connectivity index (χ0n) is 11.9. The standard InChI is InChI=1S/C15H17N3O3.ClH/c16-9-3-1-8(2-4-9)13(19)17-10-5-6-11-12(7-10)15(21)18-14(11)20;/h5-9H,1-4,16H2,(H,17,19)(H,18,20,21);1H. The van der Waals surface area contributed by atoms with E-state index in [-0.39, 0.29) is 30.3 Å². The first kappa shape index (κ1) is 16.5. The molecule has 0 atom stereocenters. The molecule has 1 aromatic rings. The summed E-state index contributed by atoms with van der Waals surface area (Å²) in [5.74, 6) is -0.899. The Morgan fingerprint density at radius 3 is 2.41 bits per heavy atom. The smallest absolute Gasteiger partial charge is 0.259 e. The highest BCUT2D eigenvalue weighted by molar-refractivity contribution is 6.22. The maximum atomic E-state index is 12.2. The van der Waals surface area contributed by atoms with Crippen LogP contribution in [0.5, 0.6) is 0 Å². The van der Waals surface area contributed by atoms with Crippen LogP contribution in [0.4, 0.5) is 5.69 Å². The van der Waals surface area contributed by atoms with Crippen LogP contribution in [0.15, 0.2) is 18.2 Å². The minimum absolute atomic E-state index is 0. The zero-order valence-corrected chi connectivity index (χ0v) is 12.7. The number of carbonyl (C=O) groups excluding carboxylic acids is 3. The quantitative estimate of drug-likeness (QED) is 0.717. The fourth-order valence-corrected chi connectivity index (χ4v) is 2.87. The van der Waals surface area contributed by atoms with Gasteiger partial charge in [-0.1, -0.05) is 0 Å². The van der Waals surface area contributed by atoms with Crippen molar-refractivity contribution in [2.45, 2.75) is 31.7 Å². The molecule has 1 heterocycles. The van der Waals surface area contributed by atoms with Crippen LogP contribution in [-0.4, -0.2) is 23.8 Å². The molecule has 3 amide bonds. The second-order valence-electron chi connectivity index (χ2n) is 5.64. The van der Waals surface area contributed by atoms with Crippen molar-refractivity contribution < 1.29 is 14.4 Å². The zero-order chi connectivity index (χ0) is 15.0. The highest BCUT2D eigenvalue weighted by Gasteiger charge is 2.28. The number of carbonyl (C=O) groups is 3. The van der Waals surface area contributed by atoms with E-state index in [9.17, 15) is 14.4 Å². The molecule has 2 aliphatic rings. The van der Waals surface area contributed by atoms with Crippen molar-refractivity contribution in [2.75, 3.05) is 5.32 Å². The van der Waals surface area contributed by atoms with Crippen molar-refractivity contribution in [3.8, 4) is 0 Å². The van der Waals surface area contributed by atoms with Gasteiger partial charge < -0.3 is 11.1 Å². The molecule has 1 fully saturated rings. The number of amides is 3. The Morgan fingerprint density at radius 1 is 1.09 bits per heavy atom. The van der Waals surface area contributed by atoms with Crippen LogP contribution in [0.1, 0.15) is 46.4 Å². The van der Waals surface area contributed by atoms with E-state index in [1.54, 1.807) is 18.2 Å². The molecule has 0 unspecified atom stereocenters. The van der Waals surface area contributed by atoms with E-state index < -0.39 is 11.8 Å². The van der Waals surface area contributed by atoms with Crippen LogP contribution in [0.2, 0.25) is 0 Å². The molecule has 22 heavy (non-hydrogen) atoms. The molecule has 0 saturated heterocycles. The first-order valence-electron chi connectivity index (χ1n) is 7.11. The Kier molecular flexibility index (Phi) is 4.83. The van der Waals surface area contributed by atoms with Gasteiger partial charge >= 0.3 is 0 Å². The number of rotatable bonds is 2. The summed E-state index contributed by atoms with van der Waals surface area (Å²) in [4.78, 5) is 35.3. The van der Waals surface area contributed by atoms with Crippen LogP contribution in [0.3, 0.4) is 0 Å². The average molecular weight is 324 g/mol. The minimum Gasteiger partial charge on any atom is -0.328 e. The monoisotopic (exact) mass is 323 g/mol. The summed E-state index contributed by atoms with van der Waals surface area (Å²) in [6, 6.07) is 4.94. The van der Waals surface area contributed by atoms with Crippen molar-refractivity contribution >= 4 is 35.8 Å². The Morgan fingerprint density at radius 2 is 1.73 bits per heavy atom. The Balaban J connectivity index is 0.00000176. The molecule has 1 aliphatic carbocycles. The van der Waals surface area contributed by atoms with Crippen LogP contribution >= 0.6 is 12.4 Å². The number of benzene rings is 1. The molecule has 1 saturated carbocycles. The molecule has 4 N–H and O–H groups in total. The van der Waals surface area contributed by atoms with Gasteiger partial charge in [-0.15, -0.1) is 12.4 Å². The molecule has 7 heteroatoms. The summed E-state index contributed by atoms with van der Waals surface area (Å²) in [7, 11) is 0. The second-order valence-corrected chi connectivity index (χ2v) is 5.64. The lowest BCUT2D eigenvalue weighted by Gasteiger charge is -2.25. The van der Waals surface area contributed by atoms with Gasteiger partial charge in [-0.2, -0.15) is 0 Å². The first-order chi connectivity index (χ1) is 10.0. The van der Waals surface area contributed by atoms with E-state index in [0.29, 0.717) is 16.8 Å². The summed E-state index contributed by atoms with van der Waals surface area (Å²) in [6.07, 6.45) is 3.30. The molecular formula is C15H18ClN3O3.